The second-order valence-electron chi connectivity index (χ2n) is 13.1. The Morgan fingerprint density at radius 2 is 1.04 bits per heavy atom. The summed E-state index contributed by atoms with van der Waals surface area (Å²) in [6, 6.07) is 50.8. The molecule has 216 valence electrons. The van der Waals surface area contributed by atoms with Gasteiger partial charge in [-0.25, -0.2) is 0 Å². The van der Waals surface area contributed by atoms with E-state index >= 15 is 0 Å². The molecule has 45 heavy (non-hydrogen) atoms. The summed E-state index contributed by atoms with van der Waals surface area (Å²) in [5, 5.41) is 2.34. The highest BCUT2D eigenvalue weighted by molar-refractivity contribution is 5.88. The van der Waals surface area contributed by atoms with Gasteiger partial charge >= 0.3 is 0 Å². The fraction of sp³-hybridized carbons (Fsp3) is 0.116. The van der Waals surface area contributed by atoms with Crippen molar-refractivity contribution in [1.82, 2.24) is 9.97 Å². The quantitative estimate of drug-likeness (QED) is 0.208. The molecular weight excluding hydrogens is 544 g/mol. The molecule has 0 aliphatic heterocycles. The van der Waals surface area contributed by atoms with Gasteiger partial charge in [0.25, 0.3) is 0 Å². The standard InChI is InChI=1S/C43H34N2/c1-42(2,3)33-22-23-44-41(27-33)31-15-11-17-35(25-31)43(38-20-8-6-18-36(38)37-19-7-9-21-39(37)43)34-16-10-14-30(24-34)40-26-29-12-4-5-13-32(29)28-45-40/h4-28H,1-3H3. The van der Waals surface area contributed by atoms with E-state index < -0.39 is 5.41 Å². The summed E-state index contributed by atoms with van der Waals surface area (Å²) in [4.78, 5) is 9.75. The van der Waals surface area contributed by atoms with Crippen LogP contribution in [0.5, 0.6) is 0 Å². The summed E-state index contributed by atoms with van der Waals surface area (Å²) >= 11 is 0. The summed E-state index contributed by atoms with van der Waals surface area (Å²) in [5.41, 5.74) is 12.6. The van der Waals surface area contributed by atoms with Gasteiger partial charge in [-0.15, -0.1) is 0 Å². The minimum absolute atomic E-state index is 0.0388. The average molecular weight is 579 g/mol. The third-order valence-electron chi connectivity index (χ3n) is 9.39. The Labute approximate surface area is 265 Å². The van der Waals surface area contributed by atoms with Crippen LogP contribution in [0.3, 0.4) is 0 Å². The second-order valence-corrected chi connectivity index (χ2v) is 13.1. The van der Waals surface area contributed by atoms with Gasteiger partial charge in [-0.3, -0.25) is 9.97 Å². The topological polar surface area (TPSA) is 25.8 Å². The van der Waals surface area contributed by atoms with Crippen LogP contribution < -0.4 is 0 Å². The number of hydrogen-bond acceptors (Lipinski definition) is 2. The van der Waals surface area contributed by atoms with Gasteiger partial charge in [0.05, 0.1) is 16.8 Å². The smallest absolute Gasteiger partial charge is 0.0714 e. The van der Waals surface area contributed by atoms with Crippen molar-refractivity contribution >= 4 is 10.8 Å². The number of pyridine rings is 2. The van der Waals surface area contributed by atoms with Crippen LogP contribution in [0.15, 0.2) is 152 Å². The molecule has 0 N–H and O–H groups in total. The molecule has 2 heterocycles. The van der Waals surface area contributed by atoms with E-state index in [-0.39, 0.29) is 5.41 Å². The van der Waals surface area contributed by atoms with E-state index in [1.165, 1.54) is 44.3 Å². The maximum Gasteiger partial charge on any atom is 0.0714 e. The largest absolute Gasteiger partial charge is 0.256 e. The highest BCUT2D eigenvalue weighted by atomic mass is 14.7. The van der Waals surface area contributed by atoms with E-state index in [1.54, 1.807) is 0 Å². The van der Waals surface area contributed by atoms with E-state index in [2.05, 4.69) is 160 Å². The number of nitrogens with zero attached hydrogens (tertiary/aromatic N) is 2. The van der Waals surface area contributed by atoms with Gasteiger partial charge < -0.3 is 0 Å². The van der Waals surface area contributed by atoms with Crippen LogP contribution in [0.4, 0.5) is 0 Å². The summed E-state index contributed by atoms with van der Waals surface area (Å²) in [6.07, 6.45) is 3.92. The van der Waals surface area contributed by atoms with Crippen LogP contribution in [0.2, 0.25) is 0 Å². The number of benzene rings is 5. The first-order valence-corrected chi connectivity index (χ1v) is 15.7. The predicted molar refractivity (Wildman–Crippen MR) is 186 cm³/mol. The third-order valence-corrected chi connectivity index (χ3v) is 9.39. The molecule has 0 atom stereocenters. The molecule has 8 rings (SSSR count). The molecule has 2 aromatic heterocycles. The SMILES string of the molecule is CC(C)(C)c1ccnc(-c2cccc(C3(c4cccc(-c5cc6ccccc6cn5)c4)c4ccccc4-c4ccccc43)c2)c1. The zero-order chi connectivity index (χ0) is 30.6. The van der Waals surface area contributed by atoms with Crippen LogP contribution in [-0.4, -0.2) is 9.97 Å². The van der Waals surface area contributed by atoms with Gasteiger partial charge in [0.15, 0.2) is 0 Å². The normalized spacial score (nSPS) is 13.4. The monoisotopic (exact) mass is 578 g/mol. The summed E-state index contributed by atoms with van der Waals surface area (Å²) < 4.78 is 0. The number of fused-ring (bicyclic) bond motifs is 4. The fourth-order valence-corrected chi connectivity index (χ4v) is 7.14. The van der Waals surface area contributed by atoms with Crippen molar-refractivity contribution in [2.45, 2.75) is 31.6 Å². The maximum absolute atomic E-state index is 4.90. The number of rotatable bonds is 4. The first-order valence-electron chi connectivity index (χ1n) is 15.7. The van der Waals surface area contributed by atoms with Crippen molar-refractivity contribution in [3.8, 4) is 33.6 Å². The molecule has 1 aliphatic rings. The molecule has 0 saturated heterocycles. The molecule has 1 aliphatic carbocycles. The van der Waals surface area contributed by atoms with Crippen molar-refractivity contribution in [2.75, 3.05) is 0 Å². The lowest BCUT2D eigenvalue weighted by Gasteiger charge is -2.34. The van der Waals surface area contributed by atoms with Gasteiger partial charge in [0, 0.05) is 28.9 Å². The molecule has 2 heteroatoms. The highest BCUT2D eigenvalue weighted by Gasteiger charge is 2.46. The molecular formula is C43H34N2. The van der Waals surface area contributed by atoms with Crippen LogP contribution in [0.25, 0.3) is 44.4 Å². The van der Waals surface area contributed by atoms with E-state index in [4.69, 9.17) is 9.97 Å². The zero-order valence-electron chi connectivity index (χ0n) is 25.8. The molecule has 0 radical (unpaired) electrons. The van der Waals surface area contributed by atoms with Gasteiger partial charge in [-0.1, -0.05) is 130 Å². The molecule has 0 unspecified atom stereocenters. The van der Waals surface area contributed by atoms with Crippen molar-refractivity contribution in [2.24, 2.45) is 0 Å². The Bertz CT molecular complexity index is 2170. The average Bonchev–Trinajstić information content (AvgIpc) is 3.39. The van der Waals surface area contributed by atoms with Gasteiger partial charge in [-0.05, 0) is 80.1 Å². The third kappa shape index (κ3) is 4.40. The molecule has 0 fully saturated rings. The van der Waals surface area contributed by atoms with Gasteiger partial charge in [0.2, 0.25) is 0 Å². The lowest BCUT2D eigenvalue weighted by molar-refractivity contribution is 0.589. The van der Waals surface area contributed by atoms with Crippen LogP contribution in [0.1, 0.15) is 48.6 Å². The molecule has 0 amide bonds. The predicted octanol–water partition coefficient (Wildman–Crippen LogP) is 10.6. The molecule has 7 aromatic rings. The molecule has 0 saturated carbocycles. The summed E-state index contributed by atoms with van der Waals surface area (Å²) in [5.74, 6) is 0. The minimum Gasteiger partial charge on any atom is -0.256 e. The van der Waals surface area contributed by atoms with Gasteiger partial charge in [0.1, 0.15) is 0 Å². The van der Waals surface area contributed by atoms with Crippen molar-refractivity contribution in [3.63, 3.8) is 0 Å². The molecule has 2 nitrogen and oxygen atoms in total. The summed E-state index contributed by atoms with van der Waals surface area (Å²) in [7, 11) is 0. The van der Waals surface area contributed by atoms with Crippen LogP contribution in [0, 0.1) is 0 Å². The number of hydrogen-bond donors (Lipinski definition) is 0. The van der Waals surface area contributed by atoms with E-state index in [0.29, 0.717) is 0 Å². The molecule has 0 spiro atoms. The lowest BCUT2D eigenvalue weighted by atomic mass is 9.67. The minimum atomic E-state index is -0.516. The Morgan fingerprint density at radius 1 is 0.489 bits per heavy atom. The Kier molecular flexibility index (Phi) is 6.28. The molecule has 0 bridgehead atoms. The maximum atomic E-state index is 4.90. The zero-order valence-corrected chi connectivity index (χ0v) is 25.8. The van der Waals surface area contributed by atoms with E-state index in [0.717, 1.165) is 27.9 Å². The lowest BCUT2D eigenvalue weighted by Crippen LogP contribution is -2.28. The molecule has 5 aromatic carbocycles. The van der Waals surface area contributed by atoms with E-state index in [9.17, 15) is 0 Å². The fourth-order valence-electron chi connectivity index (χ4n) is 7.14. The van der Waals surface area contributed by atoms with E-state index in [1.807, 2.05) is 12.4 Å². The number of aromatic nitrogens is 2. The van der Waals surface area contributed by atoms with Crippen LogP contribution in [-0.2, 0) is 10.8 Å². The van der Waals surface area contributed by atoms with Crippen molar-refractivity contribution in [1.29, 1.82) is 0 Å². The van der Waals surface area contributed by atoms with Crippen LogP contribution >= 0.6 is 0 Å². The van der Waals surface area contributed by atoms with Crippen molar-refractivity contribution < 1.29 is 0 Å². The Balaban J connectivity index is 1.39. The highest BCUT2D eigenvalue weighted by Crippen LogP contribution is 2.56. The van der Waals surface area contributed by atoms with Crippen molar-refractivity contribution in [3.05, 3.63) is 180 Å². The second kappa shape index (κ2) is 10.4. The van der Waals surface area contributed by atoms with Gasteiger partial charge in [-0.2, -0.15) is 0 Å². The Morgan fingerprint density at radius 3 is 1.67 bits per heavy atom. The first kappa shape index (κ1) is 27.2. The summed E-state index contributed by atoms with van der Waals surface area (Å²) in [6.45, 7) is 6.75. The Hall–Kier alpha value is -5.34. The first-order chi connectivity index (χ1) is 21.9.